The smallest absolute Gasteiger partial charge is 0.0867 e. The summed E-state index contributed by atoms with van der Waals surface area (Å²) in [7, 11) is 0. The van der Waals surface area contributed by atoms with Crippen LogP contribution in [-0.4, -0.2) is 12.2 Å². The third-order valence-corrected chi connectivity index (χ3v) is 4.37. The Morgan fingerprint density at radius 1 is 1.12 bits per heavy atom. The third-order valence-electron chi connectivity index (χ3n) is 4.37. The van der Waals surface area contributed by atoms with Crippen LogP contribution in [0.3, 0.4) is 0 Å². The lowest BCUT2D eigenvalue weighted by Crippen LogP contribution is -2.12. The van der Waals surface area contributed by atoms with Crippen LogP contribution < -0.4 is 0 Å². The van der Waals surface area contributed by atoms with E-state index in [0.29, 0.717) is 18.1 Å². The summed E-state index contributed by atoms with van der Waals surface area (Å²) in [5, 5.41) is 0. The number of aryl methyl sites for hydroxylation is 2. The van der Waals surface area contributed by atoms with Gasteiger partial charge in [0, 0.05) is 0 Å². The van der Waals surface area contributed by atoms with Crippen LogP contribution in [0, 0.1) is 33.6 Å². The Bertz CT molecular complexity index is 407. The molecule has 1 saturated heterocycles. The summed E-state index contributed by atoms with van der Waals surface area (Å²) in [5.41, 5.74) is 7.30. The summed E-state index contributed by atoms with van der Waals surface area (Å²) in [6, 6.07) is 2.30. The molecule has 0 radical (unpaired) electrons. The van der Waals surface area contributed by atoms with Gasteiger partial charge in [-0.1, -0.05) is 13.0 Å². The minimum Gasteiger partial charge on any atom is -0.370 e. The highest BCUT2D eigenvalue weighted by atomic mass is 16.6. The van der Waals surface area contributed by atoms with Crippen LogP contribution in [0.15, 0.2) is 6.07 Å². The van der Waals surface area contributed by atoms with Crippen molar-refractivity contribution in [2.45, 2.75) is 60.2 Å². The highest BCUT2D eigenvalue weighted by Gasteiger charge is 2.39. The molecule has 1 nitrogen and oxygen atoms in total. The molecule has 1 aromatic carbocycles. The number of ether oxygens (including phenoxy) is 1. The van der Waals surface area contributed by atoms with Crippen molar-refractivity contribution in [1.29, 1.82) is 0 Å². The van der Waals surface area contributed by atoms with Gasteiger partial charge in [0.15, 0.2) is 0 Å². The van der Waals surface area contributed by atoms with Gasteiger partial charge in [-0.05, 0) is 74.8 Å². The van der Waals surface area contributed by atoms with Crippen LogP contribution >= 0.6 is 0 Å². The molecule has 0 N–H and O–H groups in total. The van der Waals surface area contributed by atoms with Crippen molar-refractivity contribution < 1.29 is 4.74 Å². The number of rotatable bonds is 3. The lowest BCUT2D eigenvalue weighted by Gasteiger charge is -2.18. The van der Waals surface area contributed by atoms with Crippen molar-refractivity contribution in [2.24, 2.45) is 5.92 Å². The Balaban J connectivity index is 2.25. The molecule has 0 aliphatic carbocycles. The second kappa shape index (κ2) is 4.45. The fraction of sp³-hybridized carbons (Fsp3) is 0.625. The van der Waals surface area contributed by atoms with Crippen molar-refractivity contribution in [1.82, 2.24) is 0 Å². The molecule has 0 amide bonds. The largest absolute Gasteiger partial charge is 0.370 e. The predicted octanol–water partition coefficient (Wildman–Crippen LogP) is 3.89. The quantitative estimate of drug-likeness (QED) is 0.720. The second-order valence-corrected chi connectivity index (χ2v) is 5.73. The topological polar surface area (TPSA) is 12.5 Å². The van der Waals surface area contributed by atoms with E-state index in [4.69, 9.17) is 4.74 Å². The van der Waals surface area contributed by atoms with Gasteiger partial charge >= 0.3 is 0 Å². The lowest BCUT2D eigenvalue weighted by molar-refractivity contribution is 0.327. The van der Waals surface area contributed by atoms with E-state index in [2.05, 4.69) is 47.6 Å². The van der Waals surface area contributed by atoms with Gasteiger partial charge < -0.3 is 4.74 Å². The van der Waals surface area contributed by atoms with Gasteiger partial charge in [-0.3, -0.25) is 0 Å². The molecule has 17 heavy (non-hydrogen) atoms. The van der Waals surface area contributed by atoms with Crippen LogP contribution in [-0.2, 0) is 11.2 Å². The molecule has 1 aliphatic heterocycles. The summed E-state index contributed by atoms with van der Waals surface area (Å²) in [4.78, 5) is 0. The van der Waals surface area contributed by atoms with E-state index in [9.17, 15) is 0 Å². The molecule has 2 rings (SSSR count). The van der Waals surface area contributed by atoms with Crippen LogP contribution in [0.1, 0.15) is 41.7 Å². The minimum absolute atomic E-state index is 0.469. The molecule has 0 saturated carbocycles. The summed E-state index contributed by atoms with van der Waals surface area (Å²) in [6.45, 7) is 13.4. The first-order valence-electron chi connectivity index (χ1n) is 6.63. The summed E-state index contributed by atoms with van der Waals surface area (Å²) < 4.78 is 5.59. The van der Waals surface area contributed by atoms with Crippen molar-refractivity contribution in [3.05, 3.63) is 33.9 Å². The van der Waals surface area contributed by atoms with Crippen molar-refractivity contribution in [3.63, 3.8) is 0 Å². The van der Waals surface area contributed by atoms with Gasteiger partial charge in [0.05, 0.1) is 12.2 Å². The zero-order chi connectivity index (χ0) is 12.7. The van der Waals surface area contributed by atoms with E-state index >= 15 is 0 Å². The molecule has 1 aliphatic rings. The SMILES string of the molecule is Cc1cc(C)c(C)c(CC(C)C2OC2C)c1C. The van der Waals surface area contributed by atoms with Crippen molar-refractivity contribution in [2.75, 3.05) is 0 Å². The first-order valence-corrected chi connectivity index (χ1v) is 6.63. The van der Waals surface area contributed by atoms with Gasteiger partial charge in [0.1, 0.15) is 0 Å². The summed E-state index contributed by atoms with van der Waals surface area (Å²) in [6.07, 6.45) is 2.10. The van der Waals surface area contributed by atoms with Crippen LogP contribution in [0.5, 0.6) is 0 Å². The van der Waals surface area contributed by atoms with Gasteiger partial charge in [-0.25, -0.2) is 0 Å². The minimum atomic E-state index is 0.469. The molecular formula is C16H24O. The molecule has 3 atom stereocenters. The summed E-state index contributed by atoms with van der Waals surface area (Å²) >= 11 is 0. The maximum atomic E-state index is 5.59. The van der Waals surface area contributed by atoms with Crippen LogP contribution in [0.4, 0.5) is 0 Å². The molecule has 3 unspecified atom stereocenters. The zero-order valence-electron chi connectivity index (χ0n) is 11.9. The zero-order valence-corrected chi connectivity index (χ0v) is 11.9. The van der Waals surface area contributed by atoms with Gasteiger partial charge in [-0.15, -0.1) is 0 Å². The van der Waals surface area contributed by atoms with E-state index < -0.39 is 0 Å². The Hall–Kier alpha value is -0.820. The first kappa shape index (κ1) is 12.6. The molecule has 0 aromatic heterocycles. The maximum Gasteiger partial charge on any atom is 0.0867 e. The molecule has 0 bridgehead atoms. The fourth-order valence-electron chi connectivity index (χ4n) is 2.84. The Kier molecular flexibility index (Phi) is 3.31. The Morgan fingerprint density at radius 2 is 1.59 bits per heavy atom. The molecule has 94 valence electrons. The van der Waals surface area contributed by atoms with Crippen LogP contribution in [0.25, 0.3) is 0 Å². The molecule has 0 spiro atoms. The molecule has 1 heterocycles. The van der Waals surface area contributed by atoms with E-state index in [1.54, 1.807) is 0 Å². The van der Waals surface area contributed by atoms with Gasteiger partial charge in [-0.2, -0.15) is 0 Å². The molecule has 1 heteroatoms. The van der Waals surface area contributed by atoms with E-state index in [1.807, 2.05) is 0 Å². The number of hydrogen-bond acceptors (Lipinski definition) is 1. The Morgan fingerprint density at radius 3 is 2.00 bits per heavy atom. The highest BCUT2D eigenvalue weighted by molar-refractivity contribution is 5.44. The first-order chi connectivity index (χ1) is 7.91. The monoisotopic (exact) mass is 232 g/mol. The van der Waals surface area contributed by atoms with E-state index in [0.717, 1.165) is 6.42 Å². The lowest BCUT2D eigenvalue weighted by atomic mass is 9.87. The van der Waals surface area contributed by atoms with Crippen molar-refractivity contribution >= 4 is 0 Å². The molecular weight excluding hydrogens is 208 g/mol. The van der Waals surface area contributed by atoms with Crippen LogP contribution in [0.2, 0.25) is 0 Å². The second-order valence-electron chi connectivity index (χ2n) is 5.73. The predicted molar refractivity (Wildman–Crippen MR) is 72.6 cm³/mol. The third kappa shape index (κ3) is 2.40. The maximum absolute atomic E-state index is 5.59. The van der Waals surface area contributed by atoms with Gasteiger partial charge in [0.25, 0.3) is 0 Å². The number of epoxide rings is 1. The molecule has 1 fully saturated rings. The Labute approximate surface area is 105 Å². The number of benzene rings is 1. The molecule has 1 aromatic rings. The van der Waals surface area contributed by atoms with Gasteiger partial charge in [0.2, 0.25) is 0 Å². The number of hydrogen-bond donors (Lipinski definition) is 0. The summed E-state index contributed by atoms with van der Waals surface area (Å²) in [5.74, 6) is 0.628. The van der Waals surface area contributed by atoms with E-state index in [1.165, 1.54) is 27.8 Å². The highest BCUT2D eigenvalue weighted by Crippen LogP contribution is 2.33. The standard InChI is InChI=1S/C16H24O/c1-9-7-10(2)13(5)15(12(9)4)8-11(3)16-14(6)17-16/h7,11,14,16H,8H2,1-6H3. The fourth-order valence-corrected chi connectivity index (χ4v) is 2.84. The average Bonchev–Trinajstić information content (AvgIpc) is 2.99. The average molecular weight is 232 g/mol. The normalized spacial score (nSPS) is 24.8. The van der Waals surface area contributed by atoms with E-state index in [-0.39, 0.29) is 0 Å². The van der Waals surface area contributed by atoms with Crippen molar-refractivity contribution in [3.8, 4) is 0 Å².